The molecule has 2 atom stereocenters. The molecule has 1 N–H and O–H groups in total. The summed E-state index contributed by atoms with van der Waals surface area (Å²) in [4.78, 5) is 26.5. The molecular weight excluding hydrogens is 252 g/mol. The minimum atomic E-state index is -0.795. The van der Waals surface area contributed by atoms with Gasteiger partial charge in [0.05, 0.1) is 0 Å². The molecular formula is C16H22N2O2. The van der Waals surface area contributed by atoms with Crippen LogP contribution in [-0.2, 0) is 16.1 Å². The first-order valence-electron chi connectivity index (χ1n) is 7.12. The molecule has 1 fully saturated rings. The average Bonchev–Trinajstić information content (AvgIpc) is 2.51. The summed E-state index contributed by atoms with van der Waals surface area (Å²) in [6.45, 7) is 6.21. The molecule has 2 unspecified atom stereocenters. The Kier molecular flexibility index (Phi) is 4.12. The van der Waals surface area contributed by atoms with Crippen molar-refractivity contribution in [1.29, 1.82) is 0 Å². The molecule has 4 heteroatoms. The molecule has 0 radical (unpaired) electrons. The van der Waals surface area contributed by atoms with Gasteiger partial charge in [-0.1, -0.05) is 37.3 Å². The summed E-state index contributed by atoms with van der Waals surface area (Å²) in [6.07, 6.45) is 0.948. The molecule has 1 aliphatic rings. The van der Waals surface area contributed by atoms with Gasteiger partial charge in [0.2, 0.25) is 11.8 Å². The van der Waals surface area contributed by atoms with Crippen LogP contribution in [0.4, 0.5) is 0 Å². The number of benzene rings is 1. The van der Waals surface area contributed by atoms with Gasteiger partial charge in [-0.05, 0) is 25.8 Å². The fourth-order valence-electron chi connectivity index (χ4n) is 2.56. The van der Waals surface area contributed by atoms with E-state index in [2.05, 4.69) is 5.32 Å². The Morgan fingerprint density at radius 1 is 1.30 bits per heavy atom. The molecule has 2 rings (SSSR count). The monoisotopic (exact) mass is 274 g/mol. The molecule has 1 heterocycles. The van der Waals surface area contributed by atoms with Gasteiger partial charge >= 0.3 is 0 Å². The first kappa shape index (κ1) is 14.6. The number of nitrogens with one attached hydrogen (secondary N) is 1. The normalized spacial score (nSPS) is 27.1. The molecule has 1 aromatic rings. The van der Waals surface area contributed by atoms with Crippen molar-refractivity contribution in [1.82, 2.24) is 10.2 Å². The molecule has 1 saturated heterocycles. The maximum Gasteiger partial charge on any atom is 0.248 e. The molecule has 2 amide bonds. The van der Waals surface area contributed by atoms with Gasteiger partial charge in [0.25, 0.3) is 0 Å². The molecule has 20 heavy (non-hydrogen) atoms. The van der Waals surface area contributed by atoms with Crippen LogP contribution in [0.3, 0.4) is 0 Å². The molecule has 1 aliphatic heterocycles. The van der Waals surface area contributed by atoms with E-state index in [0.717, 1.165) is 5.56 Å². The van der Waals surface area contributed by atoms with E-state index in [1.807, 2.05) is 56.0 Å². The molecule has 0 spiro atoms. The summed E-state index contributed by atoms with van der Waals surface area (Å²) in [6, 6.07) is 9.80. The molecule has 1 aromatic carbocycles. The highest BCUT2D eigenvalue weighted by Crippen LogP contribution is 2.23. The van der Waals surface area contributed by atoms with Gasteiger partial charge < -0.3 is 10.2 Å². The van der Waals surface area contributed by atoms with Crippen molar-refractivity contribution in [2.75, 3.05) is 0 Å². The summed E-state index contributed by atoms with van der Waals surface area (Å²) in [5.41, 5.74) is 0.289. The van der Waals surface area contributed by atoms with E-state index in [-0.39, 0.29) is 17.9 Å². The second-order valence-corrected chi connectivity index (χ2v) is 5.71. The van der Waals surface area contributed by atoms with Crippen molar-refractivity contribution in [2.45, 2.75) is 51.7 Å². The highest BCUT2D eigenvalue weighted by molar-refractivity contribution is 5.93. The van der Waals surface area contributed by atoms with Crippen LogP contribution < -0.4 is 5.32 Å². The second-order valence-electron chi connectivity index (χ2n) is 5.71. The lowest BCUT2D eigenvalue weighted by atomic mass is 9.96. The van der Waals surface area contributed by atoms with Gasteiger partial charge in [0.1, 0.15) is 5.54 Å². The third-order valence-corrected chi connectivity index (χ3v) is 4.06. The lowest BCUT2D eigenvalue weighted by molar-refractivity contribution is -0.140. The van der Waals surface area contributed by atoms with Crippen molar-refractivity contribution in [3.05, 3.63) is 35.9 Å². The van der Waals surface area contributed by atoms with Crippen molar-refractivity contribution in [3.8, 4) is 0 Å². The lowest BCUT2D eigenvalue weighted by Gasteiger charge is -2.33. The number of rotatable bonds is 3. The summed E-state index contributed by atoms with van der Waals surface area (Å²) in [7, 11) is 0. The number of nitrogens with zero attached hydrogens (tertiary/aromatic N) is 1. The SMILES string of the molecule is CCC1(C)NC(=O)CC(C)N(Cc2ccccc2)C1=O. The predicted octanol–water partition coefficient (Wildman–Crippen LogP) is 2.09. The fourth-order valence-corrected chi connectivity index (χ4v) is 2.56. The van der Waals surface area contributed by atoms with Crippen LogP contribution in [-0.4, -0.2) is 28.3 Å². The second kappa shape index (κ2) is 5.65. The molecule has 0 aliphatic carbocycles. The zero-order valence-corrected chi connectivity index (χ0v) is 12.3. The van der Waals surface area contributed by atoms with E-state index in [0.29, 0.717) is 19.4 Å². The van der Waals surface area contributed by atoms with Crippen LogP contribution in [0.5, 0.6) is 0 Å². The largest absolute Gasteiger partial charge is 0.342 e. The molecule has 0 saturated carbocycles. The molecule has 0 bridgehead atoms. The van der Waals surface area contributed by atoms with Gasteiger partial charge in [-0.15, -0.1) is 0 Å². The molecule has 108 valence electrons. The Bertz CT molecular complexity index is 500. The first-order chi connectivity index (χ1) is 9.46. The minimum Gasteiger partial charge on any atom is -0.342 e. The lowest BCUT2D eigenvalue weighted by Crippen LogP contribution is -2.55. The van der Waals surface area contributed by atoms with Crippen molar-refractivity contribution >= 4 is 11.8 Å². The summed E-state index contributed by atoms with van der Waals surface area (Å²) < 4.78 is 0. The van der Waals surface area contributed by atoms with Gasteiger partial charge in [-0.3, -0.25) is 9.59 Å². The Morgan fingerprint density at radius 2 is 1.95 bits per heavy atom. The Morgan fingerprint density at radius 3 is 2.55 bits per heavy atom. The highest BCUT2D eigenvalue weighted by atomic mass is 16.2. The fraction of sp³-hybridized carbons (Fsp3) is 0.500. The number of hydrogen-bond acceptors (Lipinski definition) is 2. The van der Waals surface area contributed by atoms with Crippen molar-refractivity contribution in [3.63, 3.8) is 0 Å². The standard InChI is InChI=1S/C16H22N2O2/c1-4-16(3)15(20)18(12(2)10-14(19)17-16)11-13-8-6-5-7-9-13/h5-9,12H,4,10-11H2,1-3H3,(H,17,19). The van der Waals surface area contributed by atoms with Gasteiger partial charge in [-0.25, -0.2) is 0 Å². The summed E-state index contributed by atoms with van der Waals surface area (Å²) in [5.74, 6) is -0.0482. The topological polar surface area (TPSA) is 49.4 Å². The highest BCUT2D eigenvalue weighted by Gasteiger charge is 2.41. The number of hydrogen-bond donors (Lipinski definition) is 1. The van der Waals surface area contributed by atoms with Crippen LogP contribution >= 0.6 is 0 Å². The maximum atomic E-state index is 12.8. The smallest absolute Gasteiger partial charge is 0.248 e. The Balaban J connectivity index is 2.28. The Hall–Kier alpha value is -1.84. The van der Waals surface area contributed by atoms with E-state index in [4.69, 9.17) is 0 Å². The van der Waals surface area contributed by atoms with E-state index in [9.17, 15) is 9.59 Å². The van der Waals surface area contributed by atoms with Crippen LogP contribution in [0, 0.1) is 0 Å². The van der Waals surface area contributed by atoms with Crippen molar-refractivity contribution < 1.29 is 9.59 Å². The zero-order chi connectivity index (χ0) is 14.8. The van der Waals surface area contributed by atoms with Gasteiger partial charge in [0, 0.05) is 19.0 Å². The first-order valence-corrected chi connectivity index (χ1v) is 7.12. The van der Waals surface area contributed by atoms with Gasteiger partial charge in [0.15, 0.2) is 0 Å². The number of carbonyl (C=O) groups excluding carboxylic acids is 2. The molecule has 4 nitrogen and oxygen atoms in total. The van der Waals surface area contributed by atoms with E-state index < -0.39 is 5.54 Å². The van der Waals surface area contributed by atoms with E-state index >= 15 is 0 Å². The third-order valence-electron chi connectivity index (χ3n) is 4.06. The van der Waals surface area contributed by atoms with E-state index in [1.165, 1.54) is 0 Å². The quantitative estimate of drug-likeness (QED) is 0.917. The number of amides is 2. The zero-order valence-electron chi connectivity index (χ0n) is 12.3. The van der Waals surface area contributed by atoms with Crippen LogP contribution in [0.15, 0.2) is 30.3 Å². The maximum absolute atomic E-state index is 12.8. The van der Waals surface area contributed by atoms with Gasteiger partial charge in [-0.2, -0.15) is 0 Å². The average molecular weight is 274 g/mol. The van der Waals surface area contributed by atoms with Crippen LogP contribution in [0.25, 0.3) is 0 Å². The van der Waals surface area contributed by atoms with Crippen molar-refractivity contribution in [2.24, 2.45) is 0 Å². The minimum absolute atomic E-state index is 0.00204. The molecule has 0 aromatic heterocycles. The Labute approximate surface area is 120 Å². The van der Waals surface area contributed by atoms with E-state index in [1.54, 1.807) is 0 Å². The predicted molar refractivity (Wildman–Crippen MR) is 77.9 cm³/mol. The summed E-state index contributed by atoms with van der Waals surface area (Å²) in [5, 5.41) is 2.87. The summed E-state index contributed by atoms with van der Waals surface area (Å²) >= 11 is 0. The number of carbonyl (C=O) groups is 2. The van der Waals surface area contributed by atoms with Crippen LogP contribution in [0.1, 0.15) is 39.2 Å². The van der Waals surface area contributed by atoms with Crippen LogP contribution in [0.2, 0.25) is 0 Å². The third kappa shape index (κ3) is 2.84.